The second kappa shape index (κ2) is 4.52. The van der Waals surface area contributed by atoms with Gasteiger partial charge in [-0.25, -0.2) is 4.68 Å². The summed E-state index contributed by atoms with van der Waals surface area (Å²) in [7, 11) is 1.54. The molecular weight excluding hydrogens is 208 g/mol. The van der Waals surface area contributed by atoms with E-state index in [-0.39, 0.29) is 12.1 Å². The van der Waals surface area contributed by atoms with Gasteiger partial charge in [-0.15, -0.1) is 0 Å². The van der Waals surface area contributed by atoms with Crippen molar-refractivity contribution in [1.82, 2.24) is 9.78 Å². The largest absolute Gasteiger partial charge is 0.493 e. The highest BCUT2D eigenvalue weighted by Crippen LogP contribution is 2.25. The van der Waals surface area contributed by atoms with Gasteiger partial charge in [0.15, 0.2) is 11.4 Å². The molecule has 2 rings (SSSR count). The number of nitrogen functional groups attached to an aromatic ring is 1. The van der Waals surface area contributed by atoms with Gasteiger partial charge in [0.2, 0.25) is 0 Å². The van der Waals surface area contributed by atoms with Gasteiger partial charge in [-0.3, -0.25) is 5.41 Å². The molecular formula is C10H16N4O2. The zero-order valence-electron chi connectivity index (χ0n) is 9.27. The van der Waals surface area contributed by atoms with E-state index in [1.807, 2.05) is 0 Å². The summed E-state index contributed by atoms with van der Waals surface area (Å²) in [6, 6.07) is 0. The van der Waals surface area contributed by atoms with Crippen LogP contribution in [-0.2, 0) is 4.74 Å². The molecule has 0 radical (unpaired) electrons. The molecule has 6 nitrogen and oxygen atoms in total. The summed E-state index contributed by atoms with van der Waals surface area (Å²) in [5.74, 6) is 0.424. The number of methoxy groups -OCH3 is 1. The van der Waals surface area contributed by atoms with E-state index in [1.165, 1.54) is 7.11 Å². The van der Waals surface area contributed by atoms with Gasteiger partial charge in [0, 0.05) is 6.61 Å². The fourth-order valence-corrected chi connectivity index (χ4v) is 1.79. The molecule has 2 heterocycles. The van der Waals surface area contributed by atoms with E-state index in [1.54, 1.807) is 10.9 Å². The summed E-state index contributed by atoms with van der Waals surface area (Å²) in [4.78, 5) is 0. The number of hydrogen-bond donors (Lipinski definition) is 2. The number of nitrogens with two attached hydrogens (primary N) is 1. The summed E-state index contributed by atoms with van der Waals surface area (Å²) in [6.45, 7) is 0.752. The standard InChI is InChI=1S/C10H16N4O2/c1-15-7-6-14(13-9(7)10(11)12)8-4-2-3-5-16-8/h6,8H,2-5H2,1H3,(H3,11,12)/t8-/m0/s1. The van der Waals surface area contributed by atoms with E-state index in [4.69, 9.17) is 20.6 Å². The van der Waals surface area contributed by atoms with Gasteiger partial charge in [-0.05, 0) is 19.3 Å². The number of aromatic nitrogens is 2. The van der Waals surface area contributed by atoms with Crippen molar-refractivity contribution in [2.45, 2.75) is 25.5 Å². The third-order valence-corrected chi connectivity index (χ3v) is 2.62. The van der Waals surface area contributed by atoms with Crippen molar-refractivity contribution in [2.24, 2.45) is 5.73 Å². The first-order valence-electron chi connectivity index (χ1n) is 5.31. The van der Waals surface area contributed by atoms with E-state index in [0.29, 0.717) is 11.4 Å². The molecule has 1 aliphatic heterocycles. The zero-order chi connectivity index (χ0) is 11.5. The van der Waals surface area contributed by atoms with Crippen LogP contribution in [0.4, 0.5) is 0 Å². The minimum Gasteiger partial charge on any atom is -0.493 e. The van der Waals surface area contributed by atoms with Crippen LogP contribution in [-0.4, -0.2) is 29.3 Å². The van der Waals surface area contributed by atoms with Crippen LogP contribution in [0.1, 0.15) is 31.2 Å². The Hall–Kier alpha value is -1.56. The minimum atomic E-state index is -0.0913. The maximum absolute atomic E-state index is 7.39. The van der Waals surface area contributed by atoms with Crippen LogP contribution >= 0.6 is 0 Å². The molecule has 1 aromatic heterocycles. The lowest BCUT2D eigenvalue weighted by Crippen LogP contribution is -2.20. The molecule has 1 aliphatic rings. The molecule has 88 valence electrons. The smallest absolute Gasteiger partial charge is 0.168 e. The highest BCUT2D eigenvalue weighted by Gasteiger charge is 2.20. The van der Waals surface area contributed by atoms with Gasteiger partial charge >= 0.3 is 0 Å². The Bertz CT molecular complexity index is 382. The number of nitrogens with zero attached hydrogens (tertiary/aromatic N) is 2. The first kappa shape index (κ1) is 10.9. The Balaban J connectivity index is 2.24. The summed E-state index contributed by atoms with van der Waals surface area (Å²) < 4.78 is 12.4. The molecule has 0 bridgehead atoms. The molecule has 1 atom stereocenters. The monoisotopic (exact) mass is 224 g/mol. The topological polar surface area (TPSA) is 86.2 Å². The fraction of sp³-hybridized carbons (Fsp3) is 0.600. The molecule has 1 saturated heterocycles. The quantitative estimate of drug-likeness (QED) is 0.589. The lowest BCUT2D eigenvalue weighted by atomic mass is 10.2. The second-order valence-corrected chi connectivity index (χ2v) is 3.76. The SMILES string of the molecule is COc1cn([C@@H]2CCCCO2)nc1C(=N)N. The highest BCUT2D eigenvalue weighted by molar-refractivity contribution is 5.95. The maximum atomic E-state index is 7.39. The molecule has 16 heavy (non-hydrogen) atoms. The van der Waals surface area contributed by atoms with E-state index in [0.717, 1.165) is 25.9 Å². The van der Waals surface area contributed by atoms with Gasteiger partial charge < -0.3 is 15.2 Å². The summed E-state index contributed by atoms with van der Waals surface area (Å²) in [5.41, 5.74) is 5.79. The normalized spacial score (nSPS) is 20.7. The molecule has 0 aromatic carbocycles. The number of rotatable bonds is 3. The van der Waals surface area contributed by atoms with Gasteiger partial charge in [0.1, 0.15) is 12.1 Å². The fourth-order valence-electron chi connectivity index (χ4n) is 1.79. The van der Waals surface area contributed by atoms with Crippen LogP contribution in [0.25, 0.3) is 0 Å². The van der Waals surface area contributed by atoms with Crippen molar-refractivity contribution in [3.63, 3.8) is 0 Å². The molecule has 0 aliphatic carbocycles. The zero-order valence-corrected chi connectivity index (χ0v) is 9.27. The number of nitrogens with one attached hydrogen (secondary N) is 1. The van der Waals surface area contributed by atoms with Gasteiger partial charge in [-0.2, -0.15) is 5.10 Å². The Kier molecular flexibility index (Phi) is 3.09. The Morgan fingerprint density at radius 3 is 3.00 bits per heavy atom. The van der Waals surface area contributed by atoms with Crippen molar-refractivity contribution in [3.05, 3.63) is 11.9 Å². The number of ether oxygens (including phenoxy) is 2. The third kappa shape index (κ3) is 2.01. The van der Waals surface area contributed by atoms with Crippen molar-refractivity contribution >= 4 is 5.84 Å². The molecule has 1 aromatic rings. The first-order chi connectivity index (χ1) is 7.72. The van der Waals surface area contributed by atoms with E-state index in [9.17, 15) is 0 Å². The van der Waals surface area contributed by atoms with E-state index < -0.39 is 0 Å². The minimum absolute atomic E-state index is 0.0595. The summed E-state index contributed by atoms with van der Waals surface area (Å²) in [6.07, 6.45) is 4.82. The second-order valence-electron chi connectivity index (χ2n) is 3.76. The lowest BCUT2D eigenvalue weighted by molar-refractivity contribution is -0.0396. The predicted molar refractivity (Wildman–Crippen MR) is 58.6 cm³/mol. The molecule has 0 spiro atoms. The van der Waals surface area contributed by atoms with Gasteiger partial charge in [0.05, 0.1) is 13.3 Å². The summed E-state index contributed by atoms with van der Waals surface area (Å²) in [5, 5.41) is 11.6. The first-order valence-corrected chi connectivity index (χ1v) is 5.31. The van der Waals surface area contributed by atoms with Crippen molar-refractivity contribution in [1.29, 1.82) is 5.41 Å². The molecule has 0 saturated carbocycles. The molecule has 0 unspecified atom stereocenters. The van der Waals surface area contributed by atoms with Crippen LogP contribution in [0, 0.1) is 5.41 Å². The van der Waals surface area contributed by atoms with Gasteiger partial charge in [0.25, 0.3) is 0 Å². The van der Waals surface area contributed by atoms with Crippen LogP contribution in [0.15, 0.2) is 6.20 Å². The van der Waals surface area contributed by atoms with E-state index in [2.05, 4.69) is 5.10 Å². The lowest BCUT2D eigenvalue weighted by Gasteiger charge is -2.22. The average Bonchev–Trinajstić information content (AvgIpc) is 2.74. The Morgan fingerprint density at radius 2 is 2.50 bits per heavy atom. The Labute approximate surface area is 93.8 Å². The Morgan fingerprint density at radius 1 is 1.69 bits per heavy atom. The predicted octanol–water partition coefficient (Wildman–Crippen LogP) is 0.875. The molecule has 6 heteroatoms. The third-order valence-electron chi connectivity index (χ3n) is 2.62. The maximum Gasteiger partial charge on any atom is 0.168 e. The van der Waals surface area contributed by atoms with Crippen LogP contribution < -0.4 is 10.5 Å². The van der Waals surface area contributed by atoms with Crippen LogP contribution in [0.5, 0.6) is 5.75 Å². The number of hydrogen-bond acceptors (Lipinski definition) is 4. The highest BCUT2D eigenvalue weighted by atomic mass is 16.5. The van der Waals surface area contributed by atoms with Crippen molar-refractivity contribution < 1.29 is 9.47 Å². The molecule has 0 amide bonds. The van der Waals surface area contributed by atoms with Crippen molar-refractivity contribution in [2.75, 3.05) is 13.7 Å². The van der Waals surface area contributed by atoms with Crippen LogP contribution in [0.3, 0.4) is 0 Å². The molecule has 3 N–H and O–H groups in total. The average molecular weight is 224 g/mol. The van der Waals surface area contributed by atoms with Crippen LogP contribution in [0.2, 0.25) is 0 Å². The summed E-state index contributed by atoms with van der Waals surface area (Å²) >= 11 is 0. The van der Waals surface area contributed by atoms with E-state index >= 15 is 0 Å². The molecule has 1 fully saturated rings. The number of amidine groups is 1. The van der Waals surface area contributed by atoms with Gasteiger partial charge in [-0.1, -0.05) is 0 Å². The van der Waals surface area contributed by atoms with Crippen molar-refractivity contribution in [3.8, 4) is 5.75 Å².